The van der Waals surface area contributed by atoms with Crippen LogP contribution in [-0.2, 0) is 14.8 Å². The van der Waals surface area contributed by atoms with Gasteiger partial charge in [-0.1, -0.05) is 48.5 Å². The van der Waals surface area contributed by atoms with Crippen LogP contribution in [0, 0.1) is 0 Å². The molecule has 2 aromatic carbocycles. The quantitative estimate of drug-likeness (QED) is 0.501. The summed E-state index contributed by atoms with van der Waals surface area (Å²) in [4.78, 5) is 28.4. The molecule has 0 aliphatic rings. The number of Topliss-reactive ketones (excluding diaryl/α,β-unsaturated/α-hetero) is 1. The summed E-state index contributed by atoms with van der Waals surface area (Å²) in [5.74, 6) is -0.544. The number of nitrogens with zero attached hydrogens (tertiary/aromatic N) is 1. The lowest BCUT2D eigenvalue weighted by Crippen LogP contribution is -2.33. The van der Waals surface area contributed by atoms with Crippen molar-refractivity contribution in [2.45, 2.75) is 24.3 Å². The fraction of sp³-hybridized carbons (Fsp3) is 0.174. The Morgan fingerprint density at radius 1 is 0.968 bits per heavy atom. The molecule has 1 heterocycles. The lowest BCUT2D eigenvalue weighted by molar-refractivity contribution is -0.121. The van der Waals surface area contributed by atoms with E-state index in [0.29, 0.717) is 11.3 Å². The molecule has 3 aromatic rings. The zero-order valence-electron chi connectivity index (χ0n) is 17.0. The summed E-state index contributed by atoms with van der Waals surface area (Å²) in [6.07, 6.45) is 1.60. The van der Waals surface area contributed by atoms with Gasteiger partial charge in [-0.2, -0.15) is 0 Å². The number of aromatic nitrogens is 1. The molecule has 0 aliphatic heterocycles. The minimum Gasteiger partial charge on any atom is -0.344 e. The van der Waals surface area contributed by atoms with Gasteiger partial charge in [0.2, 0.25) is 15.9 Å². The fourth-order valence-electron chi connectivity index (χ4n) is 3.02. The summed E-state index contributed by atoms with van der Waals surface area (Å²) in [5.41, 5.74) is 1.86. The predicted octanol–water partition coefficient (Wildman–Crippen LogP) is 2.86. The van der Waals surface area contributed by atoms with E-state index < -0.39 is 16.1 Å². The van der Waals surface area contributed by atoms with Crippen molar-refractivity contribution < 1.29 is 18.0 Å². The van der Waals surface area contributed by atoms with E-state index in [2.05, 4.69) is 15.0 Å². The molecule has 1 amide bonds. The summed E-state index contributed by atoms with van der Waals surface area (Å²) >= 11 is 0. The first-order valence-corrected chi connectivity index (χ1v) is 11.2. The molecule has 2 N–H and O–H groups in total. The Morgan fingerprint density at radius 3 is 2.39 bits per heavy atom. The maximum Gasteiger partial charge on any atom is 0.240 e. The molecule has 1 atom stereocenters. The van der Waals surface area contributed by atoms with Gasteiger partial charge < -0.3 is 5.32 Å². The summed E-state index contributed by atoms with van der Waals surface area (Å²) < 4.78 is 27.4. The third-order valence-corrected chi connectivity index (χ3v) is 6.08. The molecule has 160 valence electrons. The summed E-state index contributed by atoms with van der Waals surface area (Å²) in [6, 6.07) is 20.2. The van der Waals surface area contributed by atoms with E-state index in [1.807, 2.05) is 42.5 Å². The highest BCUT2D eigenvalue weighted by molar-refractivity contribution is 7.89. The first-order chi connectivity index (χ1) is 14.9. The zero-order chi connectivity index (χ0) is 22.3. The van der Waals surface area contributed by atoms with E-state index in [9.17, 15) is 18.0 Å². The average molecular weight is 438 g/mol. The van der Waals surface area contributed by atoms with Crippen LogP contribution < -0.4 is 10.0 Å². The van der Waals surface area contributed by atoms with E-state index >= 15 is 0 Å². The molecule has 0 saturated heterocycles. The first-order valence-electron chi connectivity index (χ1n) is 9.73. The molecule has 0 saturated carbocycles. The Hall–Kier alpha value is -3.36. The number of nitrogens with one attached hydrogen (secondary N) is 2. The highest BCUT2D eigenvalue weighted by Gasteiger charge is 2.19. The number of carbonyl (C=O) groups excluding carboxylic acids is 2. The number of hydrogen-bond donors (Lipinski definition) is 2. The van der Waals surface area contributed by atoms with Crippen LogP contribution in [0.3, 0.4) is 0 Å². The Kier molecular flexibility index (Phi) is 7.28. The zero-order valence-corrected chi connectivity index (χ0v) is 17.8. The number of hydrogen-bond acceptors (Lipinski definition) is 5. The van der Waals surface area contributed by atoms with Crippen molar-refractivity contribution in [1.82, 2.24) is 15.0 Å². The van der Waals surface area contributed by atoms with Crippen molar-refractivity contribution in [2.75, 3.05) is 6.54 Å². The SMILES string of the molecule is CC(=O)c1cccc(S(=O)(=O)NCCC(=O)NC(c2ccccc2)c2ccccn2)c1. The number of benzene rings is 2. The number of carbonyl (C=O) groups is 2. The van der Waals surface area contributed by atoms with E-state index in [0.717, 1.165) is 5.56 Å². The number of ketones is 1. The highest BCUT2D eigenvalue weighted by Crippen LogP contribution is 2.20. The number of sulfonamides is 1. The minimum atomic E-state index is -3.84. The average Bonchev–Trinajstić information content (AvgIpc) is 2.78. The molecule has 0 spiro atoms. The third kappa shape index (κ3) is 6.07. The molecule has 0 fully saturated rings. The summed E-state index contributed by atoms with van der Waals surface area (Å²) in [5, 5.41) is 2.92. The molecule has 1 aromatic heterocycles. The monoisotopic (exact) mass is 437 g/mol. The molecule has 31 heavy (non-hydrogen) atoms. The van der Waals surface area contributed by atoms with Crippen molar-refractivity contribution in [3.63, 3.8) is 0 Å². The Balaban J connectivity index is 1.64. The van der Waals surface area contributed by atoms with Crippen LogP contribution in [0.4, 0.5) is 0 Å². The van der Waals surface area contributed by atoms with Gasteiger partial charge >= 0.3 is 0 Å². The van der Waals surface area contributed by atoms with Gasteiger partial charge in [0.1, 0.15) is 0 Å². The smallest absolute Gasteiger partial charge is 0.240 e. The second-order valence-electron chi connectivity index (χ2n) is 6.90. The van der Waals surface area contributed by atoms with Gasteiger partial charge in [-0.3, -0.25) is 14.6 Å². The van der Waals surface area contributed by atoms with Crippen molar-refractivity contribution >= 4 is 21.7 Å². The van der Waals surface area contributed by atoms with E-state index in [-0.39, 0.29) is 29.6 Å². The van der Waals surface area contributed by atoms with Crippen LogP contribution in [0.1, 0.15) is 41.0 Å². The van der Waals surface area contributed by atoms with Crippen molar-refractivity contribution in [3.05, 3.63) is 95.8 Å². The Morgan fingerprint density at radius 2 is 1.71 bits per heavy atom. The second-order valence-corrected chi connectivity index (χ2v) is 8.66. The van der Waals surface area contributed by atoms with Gasteiger partial charge in [0, 0.05) is 24.7 Å². The van der Waals surface area contributed by atoms with E-state index in [1.165, 1.54) is 25.1 Å². The molecular formula is C23H23N3O4S. The van der Waals surface area contributed by atoms with Gasteiger partial charge in [0.05, 0.1) is 16.6 Å². The van der Waals surface area contributed by atoms with Gasteiger partial charge in [0.25, 0.3) is 0 Å². The maximum atomic E-state index is 12.5. The van der Waals surface area contributed by atoms with E-state index in [4.69, 9.17) is 0 Å². The molecular weight excluding hydrogens is 414 g/mol. The minimum absolute atomic E-state index is 0.0174. The number of rotatable bonds is 9. The predicted molar refractivity (Wildman–Crippen MR) is 117 cm³/mol. The van der Waals surface area contributed by atoms with Crippen molar-refractivity contribution in [2.24, 2.45) is 0 Å². The lowest BCUT2D eigenvalue weighted by atomic mass is 10.0. The summed E-state index contributed by atoms with van der Waals surface area (Å²) in [6.45, 7) is 1.29. The van der Waals surface area contributed by atoms with Crippen LogP contribution in [-0.4, -0.2) is 31.6 Å². The molecule has 3 rings (SSSR count). The van der Waals surface area contributed by atoms with Crippen LogP contribution in [0.2, 0.25) is 0 Å². The van der Waals surface area contributed by atoms with Gasteiger partial charge in [-0.25, -0.2) is 13.1 Å². The molecule has 0 bridgehead atoms. The number of pyridine rings is 1. The lowest BCUT2D eigenvalue weighted by Gasteiger charge is -2.19. The standard InChI is InChI=1S/C23H23N3O4S/c1-17(27)19-10-7-11-20(16-19)31(29,30)25-15-13-22(28)26-23(18-8-3-2-4-9-18)21-12-5-6-14-24-21/h2-12,14,16,23,25H,13,15H2,1H3,(H,26,28). The third-order valence-electron chi connectivity index (χ3n) is 4.62. The Bertz CT molecular complexity index is 1110. The van der Waals surface area contributed by atoms with Crippen LogP contribution in [0.5, 0.6) is 0 Å². The molecule has 7 nitrogen and oxygen atoms in total. The maximum absolute atomic E-state index is 12.5. The van der Waals surface area contributed by atoms with Gasteiger partial charge in [0.15, 0.2) is 5.78 Å². The van der Waals surface area contributed by atoms with Gasteiger partial charge in [-0.05, 0) is 36.8 Å². The van der Waals surface area contributed by atoms with E-state index in [1.54, 1.807) is 18.3 Å². The van der Waals surface area contributed by atoms with Crippen LogP contribution in [0.15, 0.2) is 83.9 Å². The summed E-state index contributed by atoms with van der Waals surface area (Å²) in [7, 11) is -3.84. The van der Waals surface area contributed by atoms with Crippen molar-refractivity contribution in [3.8, 4) is 0 Å². The van der Waals surface area contributed by atoms with Gasteiger partial charge in [-0.15, -0.1) is 0 Å². The molecule has 0 radical (unpaired) electrons. The highest BCUT2D eigenvalue weighted by atomic mass is 32.2. The first kappa shape index (κ1) is 22.3. The number of amides is 1. The molecule has 8 heteroatoms. The topological polar surface area (TPSA) is 105 Å². The van der Waals surface area contributed by atoms with Crippen LogP contribution in [0.25, 0.3) is 0 Å². The Labute approximate surface area is 181 Å². The van der Waals surface area contributed by atoms with Crippen molar-refractivity contribution in [1.29, 1.82) is 0 Å². The molecule has 1 unspecified atom stereocenters. The fourth-order valence-corrected chi connectivity index (χ4v) is 4.10. The normalized spacial score (nSPS) is 12.2. The van der Waals surface area contributed by atoms with Crippen LogP contribution >= 0.6 is 0 Å². The largest absolute Gasteiger partial charge is 0.344 e. The second kappa shape index (κ2) is 10.1. The molecule has 0 aliphatic carbocycles.